The largest absolute Gasteiger partial charge is 0.598 e. The van der Waals surface area contributed by atoms with E-state index in [2.05, 4.69) is 17.7 Å². The Morgan fingerprint density at radius 1 is 1.50 bits per heavy atom. The normalized spacial score (nSPS) is 23.7. The van der Waals surface area contributed by atoms with E-state index >= 15 is 0 Å². The van der Waals surface area contributed by atoms with Crippen molar-refractivity contribution in [2.24, 2.45) is 5.41 Å². The van der Waals surface area contributed by atoms with E-state index in [9.17, 15) is 4.55 Å². The van der Waals surface area contributed by atoms with Crippen LogP contribution in [0.4, 0.5) is 0 Å². The zero-order chi connectivity index (χ0) is 11.0. The lowest BCUT2D eigenvalue weighted by Crippen LogP contribution is -2.47. The van der Waals surface area contributed by atoms with Crippen molar-refractivity contribution in [3.63, 3.8) is 0 Å². The molecule has 0 spiro atoms. The SMILES string of the molecule is CC1([C@@H](C#N)N[S+]([O-])C(C)(C)C)CC1. The Morgan fingerprint density at radius 2 is 2.00 bits per heavy atom. The molecule has 0 saturated heterocycles. The van der Waals surface area contributed by atoms with Crippen molar-refractivity contribution in [3.05, 3.63) is 0 Å². The summed E-state index contributed by atoms with van der Waals surface area (Å²) in [5, 5.41) is 8.97. The highest BCUT2D eigenvalue weighted by molar-refractivity contribution is 7.90. The fourth-order valence-electron chi connectivity index (χ4n) is 1.09. The average molecular weight is 214 g/mol. The first kappa shape index (κ1) is 11.8. The van der Waals surface area contributed by atoms with Crippen molar-refractivity contribution in [2.45, 2.75) is 51.3 Å². The maximum absolute atomic E-state index is 11.8. The van der Waals surface area contributed by atoms with E-state index in [4.69, 9.17) is 5.26 Å². The third-order valence-corrected chi connectivity index (χ3v) is 4.21. The highest BCUT2D eigenvalue weighted by atomic mass is 32.2. The van der Waals surface area contributed by atoms with E-state index in [1.807, 2.05) is 20.8 Å². The Balaban J connectivity index is 2.55. The number of hydrogen-bond acceptors (Lipinski definition) is 3. The summed E-state index contributed by atoms with van der Waals surface area (Å²) < 4.78 is 14.4. The van der Waals surface area contributed by atoms with Gasteiger partial charge >= 0.3 is 0 Å². The standard InChI is InChI=1S/C10H18N2OS/c1-9(2,3)14(13)12-8(7-11)10(4)5-6-10/h8,12H,5-6H2,1-4H3/t8-,14?/m1/s1. The van der Waals surface area contributed by atoms with Crippen molar-refractivity contribution in [3.8, 4) is 6.07 Å². The Kier molecular flexibility index (Phi) is 3.15. The first-order chi connectivity index (χ1) is 6.29. The van der Waals surface area contributed by atoms with Gasteiger partial charge in [-0.1, -0.05) is 6.92 Å². The van der Waals surface area contributed by atoms with Crippen LogP contribution in [0.15, 0.2) is 0 Å². The molecule has 0 aliphatic heterocycles. The summed E-state index contributed by atoms with van der Waals surface area (Å²) in [5.74, 6) is 0. The van der Waals surface area contributed by atoms with Crippen molar-refractivity contribution < 1.29 is 4.55 Å². The summed E-state index contributed by atoms with van der Waals surface area (Å²) in [6, 6.07) is 1.93. The molecule has 0 aromatic heterocycles. The van der Waals surface area contributed by atoms with Crippen LogP contribution < -0.4 is 4.72 Å². The summed E-state index contributed by atoms with van der Waals surface area (Å²) in [7, 11) is 0. The molecule has 0 aromatic rings. The van der Waals surface area contributed by atoms with Crippen molar-refractivity contribution >= 4 is 11.4 Å². The van der Waals surface area contributed by atoms with Gasteiger partial charge in [0.2, 0.25) is 0 Å². The average Bonchev–Trinajstić information content (AvgIpc) is 2.78. The van der Waals surface area contributed by atoms with Gasteiger partial charge in [0, 0.05) is 16.8 Å². The van der Waals surface area contributed by atoms with Crippen LogP contribution in [0, 0.1) is 16.7 Å². The predicted octanol–water partition coefficient (Wildman–Crippen LogP) is 1.73. The third-order valence-electron chi connectivity index (χ3n) is 2.65. The highest BCUT2D eigenvalue weighted by Gasteiger charge is 2.48. The molecule has 3 nitrogen and oxygen atoms in total. The van der Waals surface area contributed by atoms with E-state index in [0.29, 0.717) is 0 Å². The van der Waals surface area contributed by atoms with Gasteiger partial charge < -0.3 is 4.55 Å². The smallest absolute Gasteiger partial charge is 0.144 e. The second-order valence-corrected chi connectivity index (χ2v) is 7.21. The molecule has 1 saturated carbocycles. The van der Waals surface area contributed by atoms with Gasteiger partial charge in [0.25, 0.3) is 0 Å². The summed E-state index contributed by atoms with van der Waals surface area (Å²) >= 11 is -1.15. The maximum Gasteiger partial charge on any atom is 0.144 e. The summed E-state index contributed by atoms with van der Waals surface area (Å²) in [6.45, 7) is 7.77. The molecule has 1 aliphatic rings. The summed E-state index contributed by atoms with van der Waals surface area (Å²) in [6.07, 6.45) is 2.11. The number of nitrogens with one attached hydrogen (secondary N) is 1. The number of hydrogen-bond donors (Lipinski definition) is 1. The zero-order valence-corrected chi connectivity index (χ0v) is 10.1. The van der Waals surface area contributed by atoms with Crippen LogP contribution in [0.3, 0.4) is 0 Å². The molecule has 0 aromatic carbocycles. The van der Waals surface area contributed by atoms with E-state index in [1.165, 1.54) is 0 Å². The fraction of sp³-hybridized carbons (Fsp3) is 0.900. The first-order valence-electron chi connectivity index (χ1n) is 4.87. The molecule has 4 heteroatoms. The van der Waals surface area contributed by atoms with Gasteiger partial charge in [-0.2, -0.15) is 5.26 Å². The van der Waals surface area contributed by atoms with Crippen LogP contribution in [0.2, 0.25) is 0 Å². The molecule has 1 N–H and O–H groups in total. The van der Waals surface area contributed by atoms with Crippen LogP contribution >= 0.6 is 0 Å². The van der Waals surface area contributed by atoms with Gasteiger partial charge in [-0.25, -0.2) is 0 Å². The molecular weight excluding hydrogens is 196 g/mol. The lowest BCUT2D eigenvalue weighted by Gasteiger charge is -2.27. The molecular formula is C10H18N2OS. The second kappa shape index (κ2) is 3.73. The molecule has 0 heterocycles. The van der Waals surface area contributed by atoms with Gasteiger partial charge in [-0.3, -0.25) is 0 Å². The highest BCUT2D eigenvalue weighted by Crippen LogP contribution is 2.48. The zero-order valence-electron chi connectivity index (χ0n) is 9.26. The van der Waals surface area contributed by atoms with E-state index in [1.54, 1.807) is 0 Å². The van der Waals surface area contributed by atoms with Crippen LogP contribution in [0.5, 0.6) is 0 Å². The molecule has 1 fully saturated rings. The number of nitrogens with zero attached hydrogens (tertiary/aromatic N) is 1. The monoisotopic (exact) mass is 214 g/mol. The lowest BCUT2D eigenvalue weighted by molar-refractivity contribution is 0.458. The maximum atomic E-state index is 11.8. The van der Waals surface area contributed by atoms with Gasteiger partial charge in [0.1, 0.15) is 10.8 Å². The van der Waals surface area contributed by atoms with E-state index in [0.717, 1.165) is 12.8 Å². The molecule has 0 radical (unpaired) electrons. The summed E-state index contributed by atoms with van der Waals surface area (Å²) in [5.41, 5.74) is 0.0513. The number of nitriles is 1. The summed E-state index contributed by atoms with van der Waals surface area (Å²) in [4.78, 5) is 0. The van der Waals surface area contributed by atoms with E-state index < -0.39 is 11.4 Å². The molecule has 1 rings (SSSR count). The minimum atomic E-state index is -1.15. The topological polar surface area (TPSA) is 58.9 Å². The minimum absolute atomic E-state index is 0.0513. The van der Waals surface area contributed by atoms with Crippen molar-refractivity contribution in [1.82, 2.24) is 4.72 Å². The second-order valence-electron chi connectivity index (χ2n) is 5.22. The van der Waals surface area contributed by atoms with Crippen LogP contribution in [0.1, 0.15) is 40.5 Å². The molecule has 0 bridgehead atoms. The number of rotatable bonds is 3. The quantitative estimate of drug-likeness (QED) is 0.728. The van der Waals surface area contributed by atoms with E-state index in [-0.39, 0.29) is 16.2 Å². The predicted molar refractivity (Wildman–Crippen MR) is 57.8 cm³/mol. The first-order valence-corrected chi connectivity index (χ1v) is 6.02. The molecule has 1 aliphatic carbocycles. The third kappa shape index (κ3) is 2.63. The molecule has 14 heavy (non-hydrogen) atoms. The van der Waals surface area contributed by atoms with Crippen LogP contribution in [0.25, 0.3) is 0 Å². The van der Waals surface area contributed by atoms with Crippen LogP contribution in [-0.2, 0) is 11.4 Å². The van der Waals surface area contributed by atoms with Gasteiger partial charge in [-0.15, -0.1) is 4.72 Å². The molecule has 2 atom stereocenters. The Hall–Kier alpha value is -0.240. The molecule has 0 amide bonds. The fourth-order valence-corrected chi connectivity index (χ4v) is 2.00. The van der Waals surface area contributed by atoms with Crippen molar-refractivity contribution in [1.29, 1.82) is 5.26 Å². The van der Waals surface area contributed by atoms with Gasteiger partial charge in [-0.05, 0) is 33.6 Å². The minimum Gasteiger partial charge on any atom is -0.598 e. The Labute approximate surface area is 89.2 Å². The Morgan fingerprint density at radius 3 is 2.29 bits per heavy atom. The molecule has 80 valence electrons. The lowest BCUT2D eigenvalue weighted by atomic mass is 10.0. The Bertz CT molecular complexity index is 250. The van der Waals surface area contributed by atoms with Gasteiger partial charge in [0.15, 0.2) is 0 Å². The van der Waals surface area contributed by atoms with Crippen LogP contribution in [-0.4, -0.2) is 15.3 Å². The molecule has 1 unspecified atom stereocenters. The van der Waals surface area contributed by atoms with Gasteiger partial charge in [0.05, 0.1) is 6.07 Å². The van der Waals surface area contributed by atoms with Crippen molar-refractivity contribution in [2.75, 3.05) is 0 Å².